The normalized spacial score (nSPS) is 10.7. The van der Waals surface area contributed by atoms with Crippen molar-refractivity contribution in [3.8, 4) is 6.07 Å². The highest BCUT2D eigenvalue weighted by Gasteiger charge is 2.15. The molecule has 8 heteroatoms. The molecule has 4 rings (SSSR count). The van der Waals surface area contributed by atoms with E-state index in [9.17, 15) is 15.4 Å². The number of rotatable bonds is 6. The number of pyridine rings is 1. The summed E-state index contributed by atoms with van der Waals surface area (Å²) in [7, 11) is 1.88. The summed E-state index contributed by atoms with van der Waals surface area (Å²) in [5.41, 5.74) is 1.99. The van der Waals surface area contributed by atoms with Gasteiger partial charge in [0.2, 0.25) is 0 Å². The van der Waals surface area contributed by atoms with Crippen LogP contribution in [0.15, 0.2) is 67.0 Å². The lowest BCUT2D eigenvalue weighted by Crippen LogP contribution is -2.21. The molecule has 0 N–H and O–H groups in total. The van der Waals surface area contributed by atoms with Crippen molar-refractivity contribution in [2.24, 2.45) is 0 Å². The Balaban J connectivity index is 1.62. The van der Waals surface area contributed by atoms with E-state index < -0.39 is 4.92 Å². The van der Waals surface area contributed by atoms with Crippen LogP contribution in [0.3, 0.4) is 0 Å². The van der Waals surface area contributed by atoms with E-state index in [1.54, 1.807) is 18.3 Å². The molecule has 2 heterocycles. The zero-order valence-electron chi connectivity index (χ0n) is 16.3. The summed E-state index contributed by atoms with van der Waals surface area (Å²) < 4.78 is 2.07. The molecule has 0 aliphatic heterocycles. The summed E-state index contributed by atoms with van der Waals surface area (Å²) in [5.74, 6) is 1.47. The molecular formula is C22H18N6O2. The van der Waals surface area contributed by atoms with Crippen LogP contribution in [-0.2, 0) is 13.1 Å². The molecule has 0 unspecified atom stereocenters. The molecule has 0 aliphatic rings. The van der Waals surface area contributed by atoms with E-state index in [0.717, 1.165) is 5.82 Å². The first-order valence-corrected chi connectivity index (χ1v) is 9.29. The van der Waals surface area contributed by atoms with Gasteiger partial charge in [0.05, 0.1) is 28.6 Å². The molecule has 0 atom stereocenters. The van der Waals surface area contributed by atoms with E-state index >= 15 is 0 Å². The third-order valence-corrected chi connectivity index (χ3v) is 4.88. The first kappa shape index (κ1) is 19.1. The molecule has 0 saturated heterocycles. The number of hydrogen-bond acceptors (Lipinski definition) is 6. The smallest absolute Gasteiger partial charge is 0.270 e. The lowest BCUT2D eigenvalue weighted by molar-refractivity contribution is -0.384. The molecule has 0 radical (unpaired) electrons. The van der Waals surface area contributed by atoms with Gasteiger partial charge in [0.1, 0.15) is 11.6 Å². The predicted octanol–water partition coefficient (Wildman–Crippen LogP) is 3.90. The maximum atomic E-state index is 11.0. The van der Waals surface area contributed by atoms with Crippen LogP contribution in [-0.4, -0.2) is 26.5 Å². The van der Waals surface area contributed by atoms with Crippen LogP contribution in [0.1, 0.15) is 17.0 Å². The fourth-order valence-electron chi connectivity index (χ4n) is 3.31. The quantitative estimate of drug-likeness (QED) is 0.361. The minimum atomic E-state index is -0.479. The Kier molecular flexibility index (Phi) is 5.09. The van der Waals surface area contributed by atoms with Crippen LogP contribution in [0, 0.1) is 21.4 Å². The average molecular weight is 398 g/mol. The number of nitro benzene ring substituents is 1. The Labute approximate surface area is 172 Å². The monoisotopic (exact) mass is 398 g/mol. The summed E-state index contributed by atoms with van der Waals surface area (Å²) in [6.07, 6.45) is 3.70. The SMILES string of the molecule is CN(Cc1nccn1Cc1ccccc1)c1cc(C#N)c2cc([N+](=O)[O-])ccc2n1. The largest absolute Gasteiger partial charge is 0.352 e. The van der Waals surface area contributed by atoms with Gasteiger partial charge >= 0.3 is 0 Å². The number of anilines is 1. The number of nitriles is 1. The summed E-state index contributed by atoms with van der Waals surface area (Å²) in [4.78, 5) is 21.5. The molecule has 148 valence electrons. The summed E-state index contributed by atoms with van der Waals surface area (Å²) in [5, 5.41) is 21.1. The molecule has 0 fully saturated rings. The lowest BCUT2D eigenvalue weighted by atomic mass is 10.1. The van der Waals surface area contributed by atoms with Crippen molar-refractivity contribution in [2.45, 2.75) is 13.1 Å². The van der Waals surface area contributed by atoms with Crippen molar-refractivity contribution < 1.29 is 4.92 Å². The fraction of sp³-hybridized carbons (Fsp3) is 0.136. The van der Waals surface area contributed by atoms with Gasteiger partial charge in [-0.3, -0.25) is 10.1 Å². The van der Waals surface area contributed by atoms with Crippen molar-refractivity contribution in [2.75, 3.05) is 11.9 Å². The van der Waals surface area contributed by atoms with Crippen LogP contribution in [0.5, 0.6) is 0 Å². The number of nitrogens with zero attached hydrogens (tertiary/aromatic N) is 6. The zero-order valence-corrected chi connectivity index (χ0v) is 16.3. The van der Waals surface area contributed by atoms with Crippen LogP contribution < -0.4 is 4.90 Å². The molecule has 30 heavy (non-hydrogen) atoms. The lowest BCUT2D eigenvalue weighted by Gasteiger charge is -2.19. The number of nitro groups is 1. The van der Waals surface area contributed by atoms with Gasteiger partial charge in [-0.05, 0) is 17.7 Å². The third kappa shape index (κ3) is 3.82. The van der Waals surface area contributed by atoms with Crippen LogP contribution in [0.25, 0.3) is 10.9 Å². The summed E-state index contributed by atoms with van der Waals surface area (Å²) in [6.45, 7) is 1.21. The van der Waals surface area contributed by atoms with Gasteiger partial charge in [-0.1, -0.05) is 30.3 Å². The maximum Gasteiger partial charge on any atom is 0.270 e. The first-order valence-electron chi connectivity index (χ1n) is 9.29. The Bertz CT molecular complexity index is 1260. The Morgan fingerprint density at radius 2 is 2.00 bits per heavy atom. The Morgan fingerprint density at radius 3 is 2.73 bits per heavy atom. The Hall–Kier alpha value is -4.25. The standard InChI is InChI=1S/C22H18N6O2/c1-26(15-22-24-9-10-27(22)14-16-5-3-2-4-6-16)21-11-17(13-23)19-12-18(28(29)30)7-8-20(19)25-21/h2-12H,14-15H2,1H3. The van der Waals surface area contributed by atoms with E-state index in [-0.39, 0.29) is 5.69 Å². The van der Waals surface area contributed by atoms with E-state index in [4.69, 9.17) is 0 Å². The predicted molar refractivity (Wildman–Crippen MR) is 113 cm³/mol. The second kappa shape index (κ2) is 8.01. The molecule has 4 aromatic rings. The first-order chi connectivity index (χ1) is 14.5. The van der Waals surface area contributed by atoms with Gasteiger partial charge in [0.15, 0.2) is 0 Å². The molecule has 0 bridgehead atoms. The van der Waals surface area contributed by atoms with Gasteiger partial charge in [-0.15, -0.1) is 0 Å². The van der Waals surface area contributed by atoms with Crippen LogP contribution >= 0.6 is 0 Å². The van der Waals surface area contributed by atoms with Gasteiger partial charge in [-0.25, -0.2) is 9.97 Å². The van der Waals surface area contributed by atoms with E-state index in [2.05, 4.69) is 32.7 Å². The van der Waals surface area contributed by atoms with Crippen LogP contribution in [0.2, 0.25) is 0 Å². The van der Waals surface area contributed by atoms with E-state index in [1.807, 2.05) is 36.3 Å². The maximum absolute atomic E-state index is 11.0. The molecule has 0 spiro atoms. The molecule has 2 aromatic carbocycles. The van der Waals surface area contributed by atoms with Gasteiger partial charge in [0, 0.05) is 43.5 Å². The van der Waals surface area contributed by atoms with Gasteiger partial charge in [0.25, 0.3) is 5.69 Å². The minimum absolute atomic E-state index is 0.0650. The zero-order chi connectivity index (χ0) is 21.1. The minimum Gasteiger partial charge on any atom is -0.352 e. The van der Waals surface area contributed by atoms with Gasteiger partial charge < -0.3 is 9.47 Å². The number of fused-ring (bicyclic) bond motifs is 1. The van der Waals surface area contributed by atoms with E-state index in [0.29, 0.717) is 35.4 Å². The molecule has 0 amide bonds. The number of hydrogen-bond donors (Lipinski definition) is 0. The number of aromatic nitrogens is 3. The second-order valence-corrected chi connectivity index (χ2v) is 6.91. The van der Waals surface area contributed by atoms with Crippen molar-refractivity contribution >= 4 is 22.4 Å². The van der Waals surface area contributed by atoms with Crippen molar-refractivity contribution in [3.05, 3.63) is 94.1 Å². The second-order valence-electron chi connectivity index (χ2n) is 6.91. The van der Waals surface area contributed by atoms with Crippen molar-refractivity contribution in [3.63, 3.8) is 0 Å². The summed E-state index contributed by atoms with van der Waals surface area (Å²) >= 11 is 0. The van der Waals surface area contributed by atoms with Crippen molar-refractivity contribution in [1.29, 1.82) is 5.26 Å². The molecule has 0 aliphatic carbocycles. The third-order valence-electron chi connectivity index (χ3n) is 4.88. The Morgan fingerprint density at radius 1 is 1.20 bits per heavy atom. The molecular weight excluding hydrogens is 380 g/mol. The molecule has 2 aromatic heterocycles. The number of non-ortho nitro benzene ring substituents is 1. The number of benzene rings is 2. The van der Waals surface area contributed by atoms with E-state index in [1.165, 1.54) is 17.7 Å². The highest BCUT2D eigenvalue weighted by molar-refractivity contribution is 5.88. The fourth-order valence-corrected chi connectivity index (χ4v) is 3.31. The van der Waals surface area contributed by atoms with Crippen molar-refractivity contribution in [1.82, 2.24) is 14.5 Å². The van der Waals surface area contributed by atoms with Crippen LogP contribution in [0.4, 0.5) is 11.5 Å². The molecule has 0 saturated carbocycles. The average Bonchev–Trinajstić information content (AvgIpc) is 3.19. The summed E-state index contributed by atoms with van der Waals surface area (Å²) in [6, 6.07) is 18.3. The van der Waals surface area contributed by atoms with Gasteiger partial charge in [-0.2, -0.15) is 5.26 Å². The number of imidazole rings is 1. The highest BCUT2D eigenvalue weighted by atomic mass is 16.6. The highest BCUT2D eigenvalue weighted by Crippen LogP contribution is 2.26. The topological polar surface area (TPSA) is 101 Å². The molecule has 8 nitrogen and oxygen atoms in total.